The van der Waals surface area contributed by atoms with E-state index in [2.05, 4.69) is 26.8 Å². The van der Waals surface area contributed by atoms with E-state index in [1.165, 1.54) is 0 Å². The Morgan fingerprint density at radius 3 is 2.59 bits per heavy atom. The van der Waals surface area contributed by atoms with Crippen LogP contribution in [0.5, 0.6) is 0 Å². The summed E-state index contributed by atoms with van der Waals surface area (Å²) < 4.78 is 1.88. The molecule has 0 unspecified atom stereocenters. The summed E-state index contributed by atoms with van der Waals surface area (Å²) in [6, 6.07) is 2.18. The van der Waals surface area contributed by atoms with Gasteiger partial charge < -0.3 is 14.9 Å². The highest BCUT2D eigenvalue weighted by Crippen LogP contribution is 2.38. The maximum absolute atomic E-state index is 12.6. The average Bonchev–Trinajstić information content (AvgIpc) is 3.31. The predicted molar refractivity (Wildman–Crippen MR) is 103 cm³/mol. The van der Waals surface area contributed by atoms with Crippen LogP contribution in [0.1, 0.15) is 25.7 Å². The molecule has 0 bridgehead atoms. The molecule has 1 N–H and O–H groups in total. The zero-order valence-electron chi connectivity index (χ0n) is 16.4. The fourth-order valence-electron chi connectivity index (χ4n) is 5.14. The maximum atomic E-state index is 12.6. The van der Waals surface area contributed by atoms with Gasteiger partial charge in [0, 0.05) is 70.7 Å². The van der Waals surface area contributed by atoms with Crippen LogP contribution in [0.25, 0.3) is 0 Å². The second-order valence-electron chi connectivity index (χ2n) is 8.64. The Kier molecular flexibility index (Phi) is 5.80. The molecular formula is C20H33N5O2. The molecular weight excluding hydrogens is 342 g/mol. The number of likely N-dealkylation sites (tertiary alicyclic amines) is 1. The number of amides is 1. The van der Waals surface area contributed by atoms with Gasteiger partial charge in [0.15, 0.2) is 0 Å². The van der Waals surface area contributed by atoms with Gasteiger partial charge in [-0.2, -0.15) is 5.10 Å². The summed E-state index contributed by atoms with van der Waals surface area (Å²) in [5.41, 5.74) is 0. The van der Waals surface area contributed by atoms with Crippen molar-refractivity contribution in [1.29, 1.82) is 0 Å². The van der Waals surface area contributed by atoms with Crippen LogP contribution < -0.4 is 0 Å². The molecule has 0 radical (unpaired) electrons. The zero-order chi connectivity index (χ0) is 18.8. The number of rotatable bonds is 5. The minimum atomic E-state index is -0.246. The quantitative estimate of drug-likeness (QED) is 0.812. The first-order chi connectivity index (χ1) is 13.1. The molecule has 7 nitrogen and oxygen atoms in total. The van der Waals surface area contributed by atoms with Crippen LogP contribution in [0.2, 0.25) is 0 Å². The fourth-order valence-corrected chi connectivity index (χ4v) is 5.14. The molecule has 4 atom stereocenters. The van der Waals surface area contributed by atoms with Crippen LogP contribution in [-0.2, 0) is 11.3 Å². The number of carbonyl (C=O) groups excluding carboxylic acids is 1. The molecule has 1 aromatic rings. The van der Waals surface area contributed by atoms with E-state index in [0.29, 0.717) is 18.3 Å². The van der Waals surface area contributed by atoms with Gasteiger partial charge in [0.1, 0.15) is 0 Å². The number of likely N-dealkylation sites (N-methyl/N-ethyl adjacent to an activating group) is 1. The Hall–Kier alpha value is -1.44. The fraction of sp³-hybridized carbons (Fsp3) is 0.800. The van der Waals surface area contributed by atoms with Crippen molar-refractivity contribution in [3.63, 3.8) is 0 Å². The number of aliphatic hydroxyl groups is 1. The second-order valence-corrected chi connectivity index (χ2v) is 8.64. The van der Waals surface area contributed by atoms with Gasteiger partial charge in [-0.05, 0) is 44.2 Å². The van der Waals surface area contributed by atoms with Crippen molar-refractivity contribution in [1.82, 2.24) is 24.5 Å². The Morgan fingerprint density at radius 1 is 1.15 bits per heavy atom. The van der Waals surface area contributed by atoms with E-state index in [9.17, 15) is 9.90 Å². The highest BCUT2D eigenvalue weighted by Gasteiger charge is 2.44. The van der Waals surface area contributed by atoms with E-state index in [0.717, 1.165) is 65.1 Å². The molecule has 1 amide bonds. The summed E-state index contributed by atoms with van der Waals surface area (Å²) in [7, 11) is 2.16. The Morgan fingerprint density at radius 2 is 1.89 bits per heavy atom. The van der Waals surface area contributed by atoms with E-state index in [-0.39, 0.29) is 18.1 Å². The van der Waals surface area contributed by atoms with Gasteiger partial charge in [-0.3, -0.25) is 14.4 Å². The van der Waals surface area contributed by atoms with E-state index < -0.39 is 0 Å². The monoisotopic (exact) mass is 375 g/mol. The molecule has 2 saturated heterocycles. The smallest absolute Gasteiger partial charge is 0.222 e. The first-order valence-electron chi connectivity index (χ1n) is 10.5. The molecule has 1 saturated carbocycles. The summed E-state index contributed by atoms with van der Waals surface area (Å²) >= 11 is 0. The lowest BCUT2D eigenvalue weighted by Crippen LogP contribution is -2.55. The highest BCUT2D eigenvalue weighted by atomic mass is 16.3. The summed E-state index contributed by atoms with van der Waals surface area (Å²) in [5.74, 6) is 1.29. The molecule has 2 aliphatic heterocycles. The van der Waals surface area contributed by atoms with Gasteiger partial charge in [0.25, 0.3) is 0 Å². The molecule has 3 heterocycles. The largest absolute Gasteiger partial charge is 0.391 e. The zero-order valence-corrected chi connectivity index (χ0v) is 16.4. The van der Waals surface area contributed by atoms with Crippen LogP contribution in [-0.4, -0.2) is 94.0 Å². The number of aliphatic hydroxyl groups excluding tert-OH is 1. The maximum Gasteiger partial charge on any atom is 0.222 e. The predicted octanol–water partition coefficient (Wildman–Crippen LogP) is 0.509. The molecule has 150 valence electrons. The average molecular weight is 376 g/mol. The first-order valence-corrected chi connectivity index (χ1v) is 10.5. The van der Waals surface area contributed by atoms with Crippen molar-refractivity contribution in [2.45, 2.75) is 44.4 Å². The van der Waals surface area contributed by atoms with E-state index in [1.54, 1.807) is 6.20 Å². The van der Waals surface area contributed by atoms with E-state index >= 15 is 0 Å². The summed E-state index contributed by atoms with van der Waals surface area (Å²) in [6.07, 6.45) is 6.77. The molecule has 7 heteroatoms. The third-order valence-corrected chi connectivity index (χ3v) is 6.81. The standard InChI is InChI=1S/C20H33N5O2/c1-22-8-10-23(11-9-22)18-12-16-14-24(15-17(16)13-19(18)26)20(27)4-2-6-25-7-3-5-21-25/h3,5,7,16-19,26H,2,4,6,8-15H2,1H3/t16-,17+,18-,19-/m1/s1. The number of aryl methyl sites for hydroxylation is 1. The van der Waals surface area contributed by atoms with Gasteiger partial charge in [-0.15, -0.1) is 0 Å². The normalized spacial score (nSPS) is 32.6. The Bertz CT molecular complexity index is 614. The third-order valence-electron chi connectivity index (χ3n) is 6.81. The van der Waals surface area contributed by atoms with Crippen molar-refractivity contribution in [3.05, 3.63) is 18.5 Å². The van der Waals surface area contributed by atoms with Gasteiger partial charge in [-0.25, -0.2) is 0 Å². The molecule has 27 heavy (non-hydrogen) atoms. The topological polar surface area (TPSA) is 64.8 Å². The first kappa shape index (κ1) is 18.9. The van der Waals surface area contributed by atoms with Crippen molar-refractivity contribution in [2.24, 2.45) is 11.8 Å². The van der Waals surface area contributed by atoms with Crippen molar-refractivity contribution >= 4 is 5.91 Å². The molecule has 3 fully saturated rings. The van der Waals surface area contributed by atoms with Crippen LogP contribution in [0.4, 0.5) is 0 Å². The van der Waals surface area contributed by atoms with Crippen molar-refractivity contribution < 1.29 is 9.90 Å². The number of aromatic nitrogens is 2. The van der Waals surface area contributed by atoms with Crippen LogP contribution in [0.15, 0.2) is 18.5 Å². The second kappa shape index (κ2) is 8.29. The lowest BCUT2D eigenvalue weighted by Gasteiger charge is -2.44. The van der Waals surface area contributed by atoms with Crippen LogP contribution in [0, 0.1) is 11.8 Å². The SMILES string of the molecule is CN1CCN([C@@H]2C[C@@H]3CN(C(=O)CCCn4cccn4)C[C@@H]3C[C@H]2O)CC1. The van der Waals surface area contributed by atoms with Crippen LogP contribution >= 0.6 is 0 Å². The number of nitrogens with zero attached hydrogens (tertiary/aromatic N) is 5. The lowest BCUT2D eigenvalue weighted by molar-refractivity contribution is -0.130. The number of hydrogen-bond acceptors (Lipinski definition) is 5. The Balaban J connectivity index is 1.27. The number of carbonyl (C=O) groups is 1. The van der Waals surface area contributed by atoms with Gasteiger partial charge in [0.2, 0.25) is 5.91 Å². The number of fused-ring (bicyclic) bond motifs is 1. The molecule has 1 aliphatic carbocycles. The van der Waals surface area contributed by atoms with Crippen LogP contribution in [0.3, 0.4) is 0 Å². The summed E-state index contributed by atoms with van der Waals surface area (Å²) in [4.78, 5) is 19.5. The summed E-state index contributed by atoms with van der Waals surface area (Å²) in [5, 5.41) is 14.9. The van der Waals surface area contributed by atoms with E-state index in [1.807, 2.05) is 16.9 Å². The molecule has 3 aliphatic rings. The van der Waals surface area contributed by atoms with Gasteiger partial charge in [-0.1, -0.05) is 0 Å². The molecule has 0 aromatic carbocycles. The number of piperazine rings is 1. The summed E-state index contributed by atoms with van der Waals surface area (Å²) in [6.45, 7) is 6.76. The number of hydrogen-bond donors (Lipinski definition) is 1. The van der Waals surface area contributed by atoms with E-state index in [4.69, 9.17) is 0 Å². The van der Waals surface area contributed by atoms with Crippen molar-refractivity contribution in [3.8, 4) is 0 Å². The van der Waals surface area contributed by atoms with Gasteiger partial charge >= 0.3 is 0 Å². The van der Waals surface area contributed by atoms with Crippen molar-refractivity contribution in [2.75, 3.05) is 46.3 Å². The molecule has 0 spiro atoms. The minimum Gasteiger partial charge on any atom is -0.391 e. The molecule has 4 rings (SSSR count). The minimum absolute atomic E-state index is 0.246. The Labute approximate surface area is 161 Å². The lowest BCUT2D eigenvalue weighted by atomic mass is 9.77. The highest BCUT2D eigenvalue weighted by molar-refractivity contribution is 5.76. The van der Waals surface area contributed by atoms with Gasteiger partial charge in [0.05, 0.1) is 6.10 Å². The third kappa shape index (κ3) is 4.36. The molecule has 1 aromatic heterocycles.